The van der Waals surface area contributed by atoms with E-state index in [0.717, 1.165) is 5.69 Å². The van der Waals surface area contributed by atoms with Gasteiger partial charge in [0.1, 0.15) is 6.07 Å². The van der Waals surface area contributed by atoms with Crippen LogP contribution in [-0.4, -0.2) is 26.4 Å². The topological polar surface area (TPSA) is 96.7 Å². The minimum atomic E-state index is -0.233. The molecule has 2 aromatic carbocycles. The highest BCUT2D eigenvalue weighted by Gasteiger charge is 2.19. The van der Waals surface area contributed by atoms with Gasteiger partial charge in [-0.2, -0.15) is 5.26 Å². The third-order valence-corrected chi connectivity index (χ3v) is 5.34. The normalized spacial score (nSPS) is 10.5. The summed E-state index contributed by atoms with van der Waals surface area (Å²) in [7, 11) is 0. The van der Waals surface area contributed by atoms with Crippen molar-refractivity contribution in [2.75, 3.05) is 11.1 Å². The lowest BCUT2D eigenvalue weighted by Crippen LogP contribution is -2.14. The quantitative estimate of drug-likeness (QED) is 0.437. The van der Waals surface area contributed by atoms with Crippen molar-refractivity contribution in [3.05, 3.63) is 77.5 Å². The molecule has 0 spiro atoms. The van der Waals surface area contributed by atoms with Crippen molar-refractivity contribution in [2.24, 2.45) is 0 Å². The first-order valence-corrected chi connectivity index (χ1v) is 10.2. The van der Waals surface area contributed by atoms with E-state index >= 15 is 0 Å². The highest BCUT2D eigenvalue weighted by Crippen LogP contribution is 2.28. The smallest absolute Gasteiger partial charge is 0.234 e. The number of aromatic nitrogens is 3. The Hall–Kier alpha value is -3.54. The molecule has 0 aliphatic heterocycles. The third kappa shape index (κ3) is 4.22. The Balaban J connectivity index is 1.53. The monoisotopic (exact) mass is 435 g/mol. The molecule has 2 heterocycles. The van der Waals surface area contributed by atoms with Crippen LogP contribution in [0.3, 0.4) is 0 Å². The van der Waals surface area contributed by atoms with Gasteiger partial charge >= 0.3 is 0 Å². The number of rotatable bonds is 6. The van der Waals surface area contributed by atoms with E-state index in [4.69, 9.17) is 21.3 Å². The number of nitrogens with one attached hydrogen (secondary N) is 1. The second-order valence-corrected chi connectivity index (χ2v) is 7.45. The maximum absolute atomic E-state index is 12.4. The Morgan fingerprint density at radius 1 is 1.17 bits per heavy atom. The van der Waals surface area contributed by atoms with Crippen molar-refractivity contribution in [1.29, 1.82) is 5.26 Å². The summed E-state index contributed by atoms with van der Waals surface area (Å²) in [5.41, 5.74) is 1.73. The summed E-state index contributed by atoms with van der Waals surface area (Å²) < 4.78 is 7.33. The standard InChI is InChI=1S/C21H14ClN5O2S/c22-17-11-15(9-8-14(17)12-23)24-19(28)13-30-21-26-25-20(18-7-4-10-29-18)27(21)16-5-2-1-3-6-16/h1-11H,13H2,(H,24,28). The predicted octanol–water partition coefficient (Wildman–Crippen LogP) is 4.78. The minimum Gasteiger partial charge on any atom is -0.461 e. The molecule has 0 fully saturated rings. The molecular formula is C21H14ClN5O2S. The van der Waals surface area contributed by atoms with E-state index < -0.39 is 0 Å². The molecule has 0 atom stereocenters. The van der Waals surface area contributed by atoms with Gasteiger partial charge in [0.2, 0.25) is 11.7 Å². The van der Waals surface area contributed by atoms with Crippen LogP contribution < -0.4 is 5.32 Å². The van der Waals surface area contributed by atoms with Gasteiger partial charge in [0, 0.05) is 11.4 Å². The summed E-state index contributed by atoms with van der Waals surface area (Å²) in [4.78, 5) is 12.4. The molecule has 30 heavy (non-hydrogen) atoms. The zero-order valence-electron chi connectivity index (χ0n) is 15.4. The molecule has 0 saturated carbocycles. The fraction of sp³-hybridized carbons (Fsp3) is 0.0476. The van der Waals surface area contributed by atoms with Crippen LogP contribution >= 0.6 is 23.4 Å². The Labute approximate surface area is 181 Å². The molecule has 0 unspecified atom stereocenters. The molecule has 0 radical (unpaired) electrons. The Morgan fingerprint density at radius 3 is 2.70 bits per heavy atom. The number of carbonyl (C=O) groups is 1. The Kier molecular flexibility index (Phi) is 5.84. The van der Waals surface area contributed by atoms with E-state index in [9.17, 15) is 4.79 Å². The molecule has 1 N–H and O–H groups in total. The Bertz CT molecular complexity index is 1220. The van der Waals surface area contributed by atoms with Gasteiger partial charge < -0.3 is 9.73 Å². The van der Waals surface area contributed by atoms with Crippen molar-refractivity contribution >= 4 is 35.0 Å². The lowest BCUT2D eigenvalue weighted by atomic mass is 10.2. The maximum Gasteiger partial charge on any atom is 0.234 e. The van der Waals surface area contributed by atoms with Crippen LogP contribution in [0.4, 0.5) is 5.69 Å². The number of thioether (sulfide) groups is 1. The molecule has 0 aliphatic carbocycles. The number of carbonyl (C=O) groups excluding carboxylic acids is 1. The number of amides is 1. The van der Waals surface area contributed by atoms with Crippen molar-refractivity contribution in [3.8, 4) is 23.3 Å². The van der Waals surface area contributed by atoms with Gasteiger partial charge in [-0.3, -0.25) is 9.36 Å². The second-order valence-electron chi connectivity index (χ2n) is 6.10. The van der Waals surface area contributed by atoms with E-state index in [2.05, 4.69) is 15.5 Å². The number of halogens is 1. The van der Waals surface area contributed by atoms with Gasteiger partial charge in [-0.25, -0.2) is 0 Å². The fourth-order valence-electron chi connectivity index (χ4n) is 2.75. The SMILES string of the molecule is N#Cc1ccc(NC(=O)CSc2nnc(-c3ccco3)n2-c2ccccc2)cc1Cl. The summed E-state index contributed by atoms with van der Waals surface area (Å²) in [6.07, 6.45) is 1.57. The molecule has 148 valence electrons. The van der Waals surface area contributed by atoms with Crippen LogP contribution in [-0.2, 0) is 4.79 Å². The number of anilines is 1. The average molecular weight is 436 g/mol. The zero-order valence-corrected chi connectivity index (χ0v) is 17.0. The number of nitrogens with zero attached hydrogens (tertiary/aromatic N) is 4. The summed E-state index contributed by atoms with van der Waals surface area (Å²) in [5.74, 6) is 1.01. The number of nitriles is 1. The number of para-hydroxylation sites is 1. The molecule has 4 rings (SSSR count). The summed E-state index contributed by atoms with van der Waals surface area (Å²) in [6.45, 7) is 0. The first-order chi connectivity index (χ1) is 14.7. The van der Waals surface area contributed by atoms with Crippen molar-refractivity contribution < 1.29 is 9.21 Å². The highest BCUT2D eigenvalue weighted by molar-refractivity contribution is 7.99. The van der Waals surface area contributed by atoms with Crippen molar-refractivity contribution in [1.82, 2.24) is 14.8 Å². The van der Waals surface area contributed by atoms with Gasteiger partial charge in [0.25, 0.3) is 0 Å². The number of furan rings is 1. The minimum absolute atomic E-state index is 0.112. The highest BCUT2D eigenvalue weighted by atomic mass is 35.5. The molecule has 9 heteroatoms. The zero-order chi connectivity index (χ0) is 20.9. The van der Waals surface area contributed by atoms with Gasteiger partial charge in [0.05, 0.1) is 22.6 Å². The fourth-order valence-corrected chi connectivity index (χ4v) is 3.72. The number of benzene rings is 2. The largest absolute Gasteiger partial charge is 0.461 e. The van der Waals surface area contributed by atoms with Gasteiger partial charge in [-0.15, -0.1) is 10.2 Å². The predicted molar refractivity (Wildman–Crippen MR) is 115 cm³/mol. The lowest BCUT2D eigenvalue weighted by molar-refractivity contribution is -0.113. The molecule has 0 saturated heterocycles. The average Bonchev–Trinajstić information content (AvgIpc) is 3.43. The maximum atomic E-state index is 12.4. The molecule has 7 nitrogen and oxygen atoms in total. The second kappa shape index (κ2) is 8.86. The van der Waals surface area contributed by atoms with Crippen LogP contribution in [0.25, 0.3) is 17.3 Å². The van der Waals surface area contributed by atoms with Crippen LogP contribution in [0.5, 0.6) is 0 Å². The van der Waals surface area contributed by atoms with E-state index in [1.807, 2.05) is 41.0 Å². The number of hydrogen-bond acceptors (Lipinski definition) is 6. The molecule has 2 aromatic heterocycles. The molecular weight excluding hydrogens is 422 g/mol. The molecule has 1 amide bonds. The summed E-state index contributed by atoms with van der Waals surface area (Å²) >= 11 is 7.27. The summed E-state index contributed by atoms with van der Waals surface area (Å²) in [6, 6.07) is 19.9. The first kappa shape index (κ1) is 19.8. The summed E-state index contributed by atoms with van der Waals surface area (Å²) in [5, 5.41) is 21.0. The third-order valence-electron chi connectivity index (χ3n) is 4.09. The van der Waals surface area contributed by atoms with Gasteiger partial charge in [0.15, 0.2) is 10.9 Å². The van der Waals surface area contributed by atoms with Crippen LogP contribution in [0.1, 0.15) is 5.56 Å². The van der Waals surface area contributed by atoms with Gasteiger partial charge in [-0.05, 0) is 42.5 Å². The van der Waals surface area contributed by atoms with E-state index in [0.29, 0.717) is 28.0 Å². The van der Waals surface area contributed by atoms with E-state index in [1.165, 1.54) is 11.8 Å². The van der Waals surface area contributed by atoms with E-state index in [1.54, 1.807) is 36.6 Å². The van der Waals surface area contributed by atoms with Crippen molar-refractivity contribution in [3.63, 3.8) is 0 Å². The van der Waals surface area contributed by atoms with Crippen molar-refractivity contribution in [2.45, 2.75) is 5.16 Å². The lowest BCUT2D eigenvalue weighted by Gasteiger charge is -2.09. The molecule has 0 aliphatic rings. The van der Waals surface area contributed by atoms with Crippen LogP contribution in [0, 0.1) is 11.3 Å². The van der Waals surface area contributed by atoms with E-state index in [-0.39, 0.29) is 16.7 Å². The van der Waals surface area contributed by atoms with Crippen LogP contribution in [0.15, 0.2) is 76.5 Å². The molecule has 4 aromatic rings. The van der Waals surface area contributed by atoms with Gasteiger partial charge in [-0.1, -0.05) is 41.6 Å². The van der Waals surface area contributed by atoms with Crippen LogP contribution in [0.2, 0.25) is 5.02 Å². The first-order valence-electron chi connectivity index (χ1n) is 8.82. The number of hydrogen-bond donors (Lipinski definition) is 1. The molecule has 0 bridgehead atoms. The Morgan fingerprint density at radius 2 is 2.00 bits per heavy atom.